The summed E-state index contributed by atoms with van der Waals surface area (Å²) in [4.78, 5) is 22.3. The van der Waals surface area contributed by atoms with Crippen LogP contribution in [0.25, 0.3) is 0 Å². The number of methoxy groups -OCH3 is 1. The van der Waals surface area contributed by atoms with Crippen molar-refractivity contribution in [3.05, 3.63) is 70.2 Å². The second-order valence-electron chi connectivity index (χ2n) is 7.51. The van der Waals surface area contributed by atoms with E-state index < -0.39 is 0 Å². The maximum atomic E-state index is 13.3. The van der Waals surface area contributed by atoms with E-state index in [0.29, 0.717) is 28.3 Å². The van der Waals surface area contributed by atoms with Gasteiger partial charge in [-0.3, -0.25) is 9.78 Å². The maximum absolute atomic E-state index is 13.3. The van der Waals surface area contributed by atoms with Crippen LogP contribution in [0.1, 0.15) is 45.5 Å². The molecule has 0 spiro atoms. The van der Waals surface area contributed by atoms with Gasteiger partial charge in [0.2, 0.25) is 0 Å². The van der Waals surface area contributed by atoms with Crippen LogP contribution in [0, 0.1) is 33.1 Å². The van der Waals surface area contributed by atoms with Crippen molar-refractivity contribution in [2.75, 3.05) is 17.7 Å². The number of amides is 1. The van der Waals surface area contributed by atoms with Gasteiger partial charge in [0.1, 0.15) is 11.6 Å². The summed E-state index contributed by atoms with van der Waals surface area (Å²) < 4.78 is 5.20. The summed E-state index contributed by atoms with van der Waals surface area (Å²) in [5.74, 6) is 0.892. The highest BCUT2D eigenvalue weighted by Gasteiger charge is 2.21. The predicted molar refractivity (Wildman–Crippen MR) is 124 cm³/mol. The van der Waals surface area contributed by atoms with Gasteiger partial charge in [-0.1, -0.05) is 0 Å². The third-order valence-electron chi connectivity index (χ3n) is 4.88. The Morgan fingerprint density at radius 1 is 1.00 bits per heavy atom. The molecule has 7 nitrogen and oxygen atoms in total. The molecule has 3 aromatic rings. The molecule has 1 amide bonds. The van der Waals surface area contributed by atoms with Crippen LogP contribution in [0.2, 0.25) is 0 Å². The second-order valence-corrected chi connectivity index (χ2v) is 7.51. The molecule has 0 radical (unpaired) electrons. The molecule has 0 saturated carbocycles. The van der Waals surface area contributed by atoms with Crippen LogP contribution in [0.3, 0.4) is 0 Å². The Morgan fingerprint density at radius 2 is 1.65 bits per heavy atom. The third kappa shape index (κ3) is 4.88. The van der Waals surface area contributed by atoms with E-state index in [1.807, 2.05) is 58.0 Å². The number of ether oxygens (including phenoxy) is 1. The van der Waals surface area contributed by atoms with Crippen LogP contribution in [0.15, 0.2) is 36.4 Å². The van der Waals surface area contributed by atoms with E-state index in [2.05, 4.69) is 20.6 Å². The molecule has 3 N–H and O–H groups in total. The number of hydrogen-bond acceptors (Lipinski definition) is 6. The van der Waals surface area contributed by atoms with Gasteiger partial charge in [0.25, 0.3) is 5.91 Å². The number of hydrogen-bond donors (Lipinski definition) is 3. The van der Waals surface area contributed by atoms with Gasteiger partial charge in [0, 0.05) is 22.8 Å². The van der Waals surface area contributed by atoms with E-state index in [0.717, 1.165) is 28.4 Å². The zero-order valence-electron chi connectivity index (χ0n) is 18.7. The van der Waals surface area contributed by atoms with Gasteiger partial charge < -0.3 is 20.8 Å². The van der Waals surface area contributed by atoms with Gasteiger partial charge in [0.05, 0.1) is 29.6 Å². The van der Waals surface area contributed by atoms with Crippen molar-refractivity contribution >= 4 is 28.8 Å². The molecule has 0 bridgehead atoms. The van der Waals surface area contributed by atoms with Crippen LogP contribution >= 0.6 is 0 Å². The molecule has 3 rings (SSSR count). The minimum Gasteiger partial charge on any atom is -0.497 e. The summed E-state index contributed by atoms with van der Waals surface area (Å²) >= 11 is 0. The van der Waals surface area contributed by atoms with E-state index >= 15 is 0 Å². The lowest BCUT2D eigenvalue weighted by Crippen LogP contribution is -2.20. The normalized spacial score (nSPS) is 10.5. The number of pyridine rings is 2. The average molecular weight is 418 g/mol. The van der Waals surface area contributed by atoms with E-state index in [4.69, 9.17) is 10.1 Å². The number of carbonyl (C=O) groups excluding carboxylic acids is 1. The average Bonchev–Trinajstić information content (AvgIpc) is 2.70. The van der Waals surface area contributed by atoms with Crippen molar-refractivity contribution in [1.82, 2.24) is 9.97 Å². The molecule has 0 aliphatic rings. The molecule has 0 aliphatic carbocycles. The van der Waals surface area contributed by atoms with Crippen molar-refractivity contribution < 1.29 is 9.53 Å². The summed E-state index contributed by atoms with van der Waals surface area (Å²) in [6.07, 6.45) is 0. The van der Waals surface area contributed by atoms with Gasteiger partial charge in [-0.15, -0.1) is 0 Å². The second kappa shape index (κ2) is 8.95. The van der Waals surface area contributed by atoms with Gasteiger partial charge in [-0.2, -0.15) is 0 Å². The highest BCUT2D eigenvalue weighted by atomic mass is 16.5. The Labute approximate surface area is 182 Å². The first-order valence-corrected chi connectivity index (χ1v) is 9.94. The zero-order chi connectivity index (χ0) is 22.7. The van der Waals surface area contributed by atoms with Crippen molar-refractivity contribution in [3.63, 3.8) is 0 Å². The zero-order valence-corrected chi connectivity index (χ0v) is 18.7. The Hall–Kier alpha value is -3.74. The first kappa shape index (κ1) is 22.0. The predicted octanol–water partition coefficient (Wildman–Crippen LogP) is 5.10. The largest absolute Gasteiger partial charge is 0.497 e. The minimum absolute atomic E-state index is 0.240. The molecule has 0 saturated heterocycles. The SMILES string of the molecule is COc1ccc(Nc2nc(C)cc(C(=O)Nc3c(C)cc(C)nc3C)c2C(C)=N)cc1. The van der Waals surface area contributed by atoms with Crippen LogP contribution in [-0.4, -0.2) is 28.7 Å². The molecule has 160 valence electrons. The maximum Gasteiger partial charge on any atom is 0.256 e. The topological polar surface area (TPSA) is 100.0 Å². The fourth-order valence-corrected chi connectivity index (χ4v) is 3.53. The minimum atomic E-state index is -0.304. The summed E-state index contributed by atoms with van der Waals surface area (Å²) in [6, 6.07) is 11.0. The van der Waals surface area contributed by atoms with E-state index in [9.17, 15) is 4.79 Å². The van der Waals surface area contributed by atoms with Gasteiger partial charge in [-0.05, 0) is 76.6 Å². The molecule has 0 atom stereocenters. The third-order valence-corrected chi connectivity index (χ3v) is 4.88. The number of benzene rings is 1. The van der Waals surface area contributed by atoms with Gasteiger partial charge >= 0.3 is 0 Å². The van der Waals surface area contributed by atoms with Crippen LogP contribution in [-0.2, 0) is 0 Å². The Bertz CT molecular complexity index is 1130. The van der Waals surface area contributed by atoms with E-state index in [-0.39, 0.29) is 11.6 Å². The highest BCUT2D eigenvalue weighted by Crippen LogP contribution is 2.27. The number of anilines is 3. The number of aromatic nitrogens is 2. The Morgan fingerprint density at radius 3 is 2.23 bits per heavy atom. The number of rotatable bonds is 6. The van der Waals surface area contributed by atoms with E-state index in [1.54, 1.807) is 20.1 Å². The highest BCUT2D eigenvalue weighted by molar-refractivity contribution is 6.15. The number of aryl methyl sites for hydroxylation is 4. The Kier molecular flexibility index (Phi) is 6.34. The molecule has 1 aromatic carbocycles. The molecule has 0 fully saturated rings. The molecule has 0 unspecified atom stereocenters. The van der Waals surface area contributed by atoms with Crippen LogP contribution < -0.4 is 15.4 Å². The van der Waals surface area contributed by atoms with Crippen LogP contribution in [0.5, 0.6) is 5.75 Å². The fraction of sp³-hybridized carbons (Fsp3) is 0.250. The Balaban J connectivity index is 2.02. The number of nitrogens with one attached hydrogen (secondary N) is 3. The molecule has 2 aromatic heterocycles. The van der Waals surface area contributed by atoms with Crippen molar-refractivity contribution in [3.8, 4) is 5.75 Å². The van der Waals surface area contributed by atoms with Crippen LogP contribution in [0.4, 0.5) is 17.2 Å². The summed E-state index contributed by atoms with van der Waals surface area (Å²) in [5, 5.41) is 14.5. The van der Waals surface area contributed by atoms with Crippen molar-refractivity contribution in [2.45, 2.75) is 34.6 Å². The first-order chi connectivity index (χ1) is 14.7. The van der Waals surface area contributed by atoms with Gasteiger partial charge in [-0.25, -0.2) is 4.98 Å². The van der Waals surface area contributed by atoms with Gasteiger partial charge in [0.15, 0.2) is 0 Å². The lowest BCUT2D eigenvalue weighted by Gasteiger charge is -2.17. The monoisotopic (exact) mass is 417 g/mol. The molecule has 2 heterocycles. The summed E-state index contributed by atoms with van der Waals surface area (Å²) in [6.45, 7) is 9.20. The first-order valence-electron chi connectivity index (χ1n) is 9.94. The summed E-state index contributed by atoms with van der Waals surface area (Å²) in [5.41, 5.74) is 5.80. The lowest BCUT2D eigenvalue weighted by atomic mass is 10.0. The summed E-state index contributed by atoms with van der Waals surface area (Å²) in [7, 11) is 1.61. The number of nitrogens with zero attached hydrogens (tertiary/aromatic N) is 2. The number of carbonyl (C=O) groups is 1. The molecule has 0 aliphatic heterocycles. The molecular weight excluding hydrogens is 390 g/mol. The van der Waals surface area contributed by atoms with Crippen molar-refractivity contribution in [2.24, 2.45) is 0 Å². The molecule has 31 heavy (non-hydrogen) atoms. The smallest absolute Gasteiger partial charge is 0.256 e. The lowest BCUT2D eigenvalue weighted by molar-refractivity contribution is 0.102. The fourth-order valence-electron chi connectivity index (χ4n) is 3.53. The van der Waals surface area contributed by atoms with E-state index in [1.165, 1.54) is 0 Å². The molecular formula is C24H27N5O2. The van der Waals surface area contributed by atoms with Crippen molar-refractivity contribution in [1.29, 1.82) is 5.41 Å². The molecule has 7 heteroatoms. The quantitative estimate of drug-likeness (QED) is 0.484. The standard InChI is InChI=1S/C24H27N5O2/c1-13-11-14(2)26-17(5)22(13)29-24(30)20-12-15(3)27-23(21(20)16(4)25)28-18-7-9-19(31-6)10-8-18/h7-12,25H,1-6H3,(H,27,28)(H,29,30).